The van der Waals surface area contributed by atoms with Gasteiger partial charge in [0.25, 0.3) is 5.91 Å². The van der Waals surface area contributed by atoms with Gasteiger partial charge in [-0.15, -0.1) is 0 Å². The van der Waals surface area contributed by atoms with Crippen molar-refractivity contribution in [1.82, 2.24) is 5.32 Å². The summed E-state index contributed by atoms with van der Waals surface area (Å²) < 4.78 is 47.3. The van der Waals surface area contributed by atoms with Crippen LogP contribution in [0.15, 0.2) is 120 Å². The first-order chi connectivity index (χ1) is 47.2. The molecule has 0 radical (unpaired) electrons. The molecule has 26 heteroatoms. The van der Waals surface area contributed by atoms with Gasteiger partial charge in [-0.1, -0.05) is 92.7 Å². The fourth-order valence-corrected chi connectivity index (χ4v) is 15.8. The van der Waals surface area contributed by atoms with Gasteiger partial charge < -0.3 is 84.7 Å². The number of benzene rings is 5. The van der Waals surface area contributed by atoms with Gasteiger partial charge in [0, 0.05) is 79.7 Å². The van der Waals surface area contributed by atoms with Gasteiger partial charge in [-0.05, 0) is 74.7 Å². The number of aliphatic hydroxyl groups is 5. The van der Waals surface area contributed by atoms with Crippen molar-refractivity contribution in [3.05, 3.63) is 170 Å². The maximum absolute atomic E-state index is 15.5. The topological polar surface area (TPSA) is 407 Å². The lowest BCUT2D eigenvalue weighted by molar-refractivity contribution is -0.346. The van der Waals surface area contributed by atoms with Gasteiger partial charge in [0.05, 0.1) is 77.8 Å². The van der Waals surface area contributed by atoms with Crippen molar-refractivity contribution in [1.29, 1.82) is 0 Å². The summed E-state index contributed by atoms with van der Waals surface area (Å²) in [5.41, 5.74) is -4.05. The van der Waals surface area contributed by atoms with Crippen LogP contribution >= 0.6 is 0 Å². The van der Waals surface area contributed by atoms with Gasteiger partial charge in [0.15, 0.2) is 41.4 Å². The van der Waals surface area contributed by atoms with Crippen LogP contribution in [0.3, 0.4) is 0 Å². The van der Waals surface area contributed by atoms with Crippen LogP contribution in [0.2, 0.25) is 0 Å². The van der Waals surface area contributed by atoms with E-state index in [4.69, 9.17) is 43.6 Å². The van der Waals surface area contributed by atoms with Gasteiger partial charge in [0.1, 0.15) is 46.8 Å². The van der Waals surface area contributed by atoms with Crippen molar-refractivity contribution < 1.29 is 117 Å². The van der Waals surface area contributed by atoms with Crippen molar-refractivity contribution >= 4 is 52.9 Å². The van der Waals surface area contributed by atoms with E-state index in [1.807, 2.05) is 0 Å². The Morgan fingerprint density at radius 1 is 0.730 bits per heavy atom. The second-order valence-electron chi connectivity index (χ2n) is 27.5. The fourth-order valence-electron chi connectivity index (χ4n) is 15.8. The van der Waals surface area contributed by atoms with E-state index in [9.17, 15) is 74.1 Å². The summed E-state index contributed by atoms with van der Waals surface area (Å²) in [5.74, 6) is -10.0. The Bertz CT molecular complexity index is 4150. The minimum absolute atomic E-state index is 0.00289. The number of phenolic OH excluding ortho intramolecular Hbond substituents is 2. The molecule has 7 aliphatic rings. The number of methoxy groups -OCH3 is 1. The number of rotatable bonds is 14. The quantitative estimate of drug-likeness (QED) is 0.0307. The Hall–Kier alpha value is -9.09. The highest BCUT2D eigenvalue weighted by Gasteiger charge is 2.78. The first kappa shape index (κ1) is 72.2. The number of Topliss-reactive ketones (excluding diaryl/α,β-unsaturated/α-hetero) is 2. The number of amides is 1. The number of fused-ring (bicyclic) bond motifs is 8. The monoisotopic (exact) mass is 1380 g/mol. The van der Waals surface area contributed by atoms with Crippen molar-refractivity contribution in [3.63, 3.8) is 0 Å². The summed E-state index contributed by atoms with van der Waals surface area (Å²) in [6.45, 7) is 10.8. The maximum atomic E-state index is 15.5. The SMILES string of the molecule is CC(=O)O[C@H]1C(=O)[C@@]2(C)C([C@H](OC(=O)c3ccccc3)[C@]3(O)C[C@H](OC(=O)[C@H](O)[C@@H](NC(=O)c4ccccc4)c4ccccc4)C(C)=C1C3(C)C)[C@]1(OC(C)=O)CO[C@@H]1C[C@@H]2O.COc1cccc2c1C(=O)c1c(O)c3c(c(O)c1C2=O)C[C@@](O)(C(C)=O)C[C@@H]3OC1CC(N)C(O)C(C)O1. The third-order valence-corrected chi connectivity index (χ3v) is 21.3. The zero-order chi connectivity index (χ0) is 72.6. The second kappa shape index (κ2) is 27.1. The Balaban J connectivity index is 0.000000226. The molecule has 5 unspecified atom stereocenters. The number of esters is 4. The minimum Gasteiger partial charge on any atom is -0.507 e. The van der Waals surface area contributed by atoms with Crippen molar-refractivity contribution in [2.45, 2.75) is 178 Å². The number of carbonyl (C=O) groups is 9. The Kier molecular flexibility index (Phi) is 19.6. The second-order valence-corrected chi connectivity index (χ2v) is 27.5. The smallest absolute Gasteiger partial charge is 0.338 e. The van der Waals surface area contributed by atoms with Crippen LogP contribution in [0.4, 0.5) is 0 Å². The molecule has 100 heavy (non-hydrogen) atoms. The zero-order valence-corrected chi connectivity index (χ0v) is 56.3. The first-order valence-corrected chi connectivity index (χ1v) is 32.7. The summed E-state index contributed by atoms with van der Waals surface area (Å²) in [5, 5.41) is 84.4. The molecule has 26 nitrogen and oxygen atoms in total. The molecule has 2 saturated heterocycles. The number of ether oxygens (including phenoxy) is 8. The molecule has 17 atom stereocenters. The lowest BCUT2D eigenvalue weighted by atomic mass is 9.44. The molecule has 2 aliphatic heterocycles. The maximum Gasteiger partial charge on any atom is 0.338 e. The predicted octanol–water partition coefficient (Wildman–Crippen LogP) is 4.76. The van der Waals surface area contributed by atoms with Gasteiger partial charge >= 0.3 is 23.9 Å². The highest BCUT2D eigenvalue weighted by Crippen LogP contribution is 2.65. The molecular formula is C74H80N2O24. The lowest BCUT2D eigenvalue weighted by Gasteiger charge is -2.67. The molecular weight excluding hydrogens is 1300 g/mol. The van der Waals surface area contributed by atoms with Crippen molar-refractivity contribution in [2.24, 2.45) is 22.5 Å². The van der Waals surface area contributed by atoms with E-state index in [1.54, 1.807) is 99.6 Å². The number of ketones is 4. The van der Waals surface area contributed by atoms with Crippen molar-refractivity contribution in [3.8, 4) is 17.2 Å². The summed E-state index contributed by atoms with van der Waals surface area (Å²) in [4.78, 5) is 123. The molecule has 10 N–H and O–H groups in total. The largest absolute Gasteiger partial charge is 0.507 e. The number of phenols is 2. The highest BCUT2D eigenvalue weighted by atomic mass is 16.7. The summed E-state index contributed by atoms with van der Waals surface area (Å²) >= 11 is 0. The van der Waals surface area contributed by atoms with Crippen LogP contribution in [0.25, 0.3) is 0 Å². The Labute approximate surface area is 574 Å². The molecule has 12 rings (SSSR count). The summed E-state index contributed by atoms with van der Waals surface area (Å²) in [6.07, 6.45) is -15.0. The first-order valence-electron chi connectivity index (χ1n) is 32.7. The van der Waals surface area contributed by atoms with Gasteiger partial charge in [0.2, 0.25) is 5.78 Å². The van der Waals surface area contributed by atoms with Gasteiger partial charge in [-0.3, -0.25) is 33.6 Å². The normalized spacial score (nSPS) is 31.3. The fraction of sp³-hybridized carbons (Fsp3) is 0.446. The Morgan fingerprint density at radius 3 is 1.93 bits per heavy atom. The standard InChI is InChI=1S/C47H51NO14.C27H29NO10/c1-25-31(60-43(56)36(52)35(28-16-10-7-11-17-28)48-41(54)29-18-12-8-13-19-29)23-47(57)40(61-42(55)30-20-14-9-15-21-30)38-45(6,32(51)22-33-46(38,24-58-33)62-27(3)50)39(53)37(59-26(2)49)34(25)44(47,4)5;1-10-22(30)14(28)7-17(37-10)38-16-9-27(35,11(2)29)8-13-19(16)26(34)21-20(24(13)32)23(31)12-5-4-6-15(36-3)18(12)25(21)33/h7-21,31-33,35-38,40,51-52,57H,22-24H2,1-6H3,(H,48,54);4-6,10,14,16-17,22,30,32,34-35H,7-9,28H2,1-3H3/t31-,32-,33+,35-,36+,37+,38?,40-,45+,46-,47+;10?,14?,16-,17?,22?,27-/m00/s1. The number of aromatic hydroxyl groups is 2. The van der Waals surface area contributed by atoms with Gasteiger partial charge in [-0.2, -0.15) is 0 Å². The van der Waals surface area contributed by atoms with Crippen LogP contribution in [0, 0.1) is 16.7 Å². The molecule has 5 aliphatic carbocycles. The van der Waals surface area contributed by atoms with E-state index in [0.29, 0.717) is 5.56 Å². The summed E-state index contributed by atoms with van der Waals surface area (Å²) in [6, 6.07) is 26.7. The molecule has 530 valence electrons. The van der Waals surface area contributed by atoms with E-state index >= 15 is 4.79 Å². The average Bonchev–Trinajstić information content (AvgIpc) is 0.679. The van der Waals surface area contributed by atoms with Crippen LogP contribution in [0.5, 0.6) is 17.2 Å². The summed E-state index contributed by atoms with van der Waals surface area (Å²) in [7, 11) is 1.34. The van der Waals surface area contributed by atoms with E-state index < -0.39 is 195 Å². The van der Waals surface area contributed by atoms with E-state index in [-0.39, 0.29) is 76.1 Å². The van der Waals surface area contributed by atoms with Gasteiger partial charge in [-0.25, -0.2) is 9.59 Å². The molecule has 5 aromatic carbocycles. The zero-order valence-electron chi connectivity index (χ0n) is 56.3. The predicted molar refractivity (Wildman–Crippen MR) is 348 cm³/mol. The molecule has 2 heterocycles. The van der Waals surface area contributed by atoms with Crippen molar-refractivity contribution in [2.75, 3.05) is 13.7 Å². The third-order valence-electron chi connectivity index (χ3n) is 21.3. The minimum atomic E-state index is -2.39. The lowest BCUT2D eigenvalue weighted by Crippen LogP contribution is -2.82. The number of nitrogens with two attached hydrogens (primary N) is 1. The van der Waals surface area contributed by atoms with E-state index in [2.05, 4.69) is 5.32 Å². The number of aliphatic hydroxyl groups excluding tert-OH is 3. The molecule has 2 saturated carbocycles. The van der Waals surface area contributed by atoms with Crippen LogP contribution < -0.4 is 15.8 Å². The molecule has 5 aromatic rings. The molecule has 0 spiro atoms. The molecule has 1 amide bonds. The average molecular weight is 1380 g/mol. The Morgan fingerprint density at radius 2 is 1.35 bits per heavy atom. The molecule has 4 fully saturated rings. The highest BCUT2D eigenvalue weighted by molar-refractivity contribution is 6.31. The van der Waals surface area contributed by atoms with E-state index in [1.165, 1.54) is 58.2 Å². The number of nitrogens with one attached hydrogen (secondary N) is 1. The number of carbonyl (C=O) groups excluding carboxylic acids is 9. The molecule has 0 aromatic heterocycles. The van der Waals surface area contributed by atoms with E-state index in [0.717, 1.165) is 13.8 Å². The van der Waals surface area contributed by atoms with Crippen LogP contribution in [0.1, 0.15) is 162 Å². The van der Waals surface area contributed by atoms with Crippen LogP contribution in [-0.4, -0.2) is 180 Å². The number of hydrogen-bond acceptors (Lipinski definition) is 25. The third kappa shape index (κ3) is 12.1. The number of hydrogen-bond donors (Lipinski definition) is 9. The molecule has 2 bridgehead atoms. The van der Waals surface area contributed by atoms with Crippen LogP contribution in [-0.2, 0) is 63.6 Å².